The van der Waals surface area contributed by atoms with E-state index in [9.17, 15) is 5.11 Å². The van der Waals surface area contributed by atoms with E-state index >= 15 is 0 Å². The molecule has 10 N–H and O–H groups in total. The highest BCUT2D eigenvalue weighted by molar-refractivity contribution is 8.19. The number of nitrogens with one attached hydrogen (secondary N) is 4. The average Bonchev–Trinajstić information content (AvgIpc) is 2.54. The molecule has 0 aromatic heterocycles. The highest BCUT2D eigenvalue weighted by Crippen LogP contribution is 2.32. The minimum Gasteiger partial charge on any atom is -0.389 e. The zero-order valence-corrected chi connectivity index (χ0v) is 15.8. The predicted molar refractivity (Wildman–Crippen MR) is 102 cm³/mol. The van der Waals surface area contributed by atoms with Crippen molar-refractivity contribution in [2.45, 2.75) is 12.5 Å². The summed E-state index contributed by atoms with van der Waals surface area (Å²) < 4.78 is 31.5. The summed E-state index contributed by atoms with van der Waals surface area (Å²) in [6.45, 7) is 7.57. The Kier molecular flexibility index (Phi) is 17.3. The van der Waals surface area contributed by atoms with Crippen molar-refractivity contribution in [2.24, 2.45) is 5.73 Å². The zero-order chi connectivity index (χ0) is 18.8. The first-order valence-electron chi connectivity index (χ1n) is 8.73. The Balaban J connectivity index is 3.18. The number of hydrogen-bond acceptors (Lipinski definition) is 10. The molecule has 0 aromatic rings. The molecular weight excluding hydrogens is 350 g/mol. The van der Waals surface area contributed by atoms with Crippen molar-refractivity contribution < 1.29 is 23.5 Å². The summed E-state index contributed by atoms with van der Waals surface area (Å²) in [4.78, 5) is 0. The number of hydrogen-bond donors (Lipinski definition) is 9. The molecule has 0 bridgehead atoms. The van der Waals surface area contributed by atoms with E-state index in [1.165, 1.54) is 0 Å². The van der Waals surface area contributed by atoms with Crippen LogP contribution in [0.2, 0.25) is 0 Å². The Morgan fingerprint density at radius 1 is 0.840 bits per heavy atom. The number of aliphatic hydroxyl groups is 1. The molecule has 0 aliphatic rings. The summed E-state index contributed by atoms with van der Waals surface area (Å²) in [6, 6.07) is 0. The van der Waals surface area contributed by atoms with Gasteiger partial charge in [-0.25, -0.2) is 0 Å². The monoisotopic (exact) mass is 387 g/mol. The maximum Gasteiger partial charge on any atom is 0.0897 e. The predicted octanol–water partition coefficient (Wildman–Crippen LogP) is -1.71. The molecule has 0 saturated heterocycles. The lowest BCUT2D eigenvalue weighted by molar-refractivity contribution is 0.0374. The lowest BCUT2D eigenvalue weighted by Crippen LogP contribution is -2.37. The number of rotatable bonds is 19. The molecule has 0 heterocycles. The summed E-state index contributed by atoms with van der Waals surface area (Å²) in [5.74, 6) is -0.105. The topological polar surface area (TPSA) is 164 Å². The van der Waals surface area contributed by atoms with Crippen molar-refractivity contribution >= 4 is 10.9 Å². The molecule has 10 nitrogen and oxygen atoms in total. The van der Waals surface area contributed by atoms with E-state index in [2.05, 4.69) is 21.3 Å². The molecule has 11 heteroatoms. The molecule has 0 rings (SSSR count). The first-order chi connectivity index (χ1) is 12.0. The first kappa shape index (κ1) is 24.9. The summed E-state index contributed by atoms with van der Waals surface area (Å²) in [5, 5.41) is 22.6. The van der Waals surface area contributed by atoms with Gasteiger partial charge in [-0.15, -0.1) is 0 Å². The normalized spacial score (nSPS) is 14.0. The van der Waals surface area contributed by atoms with Crippen LogP contribution >= 0.6 is 10.9 Å². The highest BCUT2D eigenvalue weighted by atomic mass is 32.3. The SMILES string of the molecule is NCCNCCNCCNCCNCC(O)COCCCS(O)(O)O. The van der Waals surface area contributed by atoms with E-state index in [1.54, 1.807) is 0 Å². The van der Waals surface area contributed by atoms with E-state index in [1.807, 2.05) is 0 Å². The molecule has 0 saturated carbocycles. The van der Waals surface area contributed by atoms with Crippen LogP contribution in [0.1, 0.15) is 6.42 Å². The van der Waals surface area contributed by atoms with Gasteiger partial charge in [0.15, 0.2) is 0 Å². The average molecular weight is 388 g/mol. The minimum absolute atomic E-state index is 0.105. The van der Waals surface area contributed by atoms with Gasteiger partial charge in [-0.2, -0.15) is 0 Å². The lowest BCUT2D eigenvalue weighted by atomic mass is 10.3. The van der Waals surface area contributed by atoms with Crippen LogP contribution in [0.25, 0.3) is 0 Å². The van der Waals surface area contributed by atoms with E-state index in [0.717, 1.165) is 45.8 Å². The minimum atomic E-state index is -3.43. The molecule has 25 heavy (non-hydrogen) atoms. The number of nitrogens with two attached hydrogens (primary N) is 1. The quantitative estimate of drug-likeness (QED) is 0.117. The maximum atomic E-state index is 9.70. The fourth-order valence-electron chi connectivity index (χ4n) is 1.91. The summed E-state index contributed by atoms with van der Waals surface area (Å²) in [7, 11) is -3.43. The van der Waals surface area contributed by atoms with E-state index in [-0.39, 0.29) is 19.0 Å². The summed E-state index contributed by atoms with van der Waals surface area (Å²) >= 11 is 0. The lowest BCUT2D eigenvalue weighted by Gasteiger charge is -2.18. The third-order valence-corrected chi connectivity index (χ3v) is 3.99. The van der Waals surface area contributed by atoms with E-state index in [0.29, 0.717) is 19.5 Å². The number of ether oxygens (including phenoxy) is 1. The van der Waals surface area contributed by atoms with Crippen molar-refractivity contribution in [3.05, 3.63) is 0 Å². The third-order valence-electron chi connectivity index (χ3n) is 3.15. The Hall–Kier alpha value is -0.0500. The molecule has 0 aromatic carbocycles. The second kappa shape index (κ2) is 17.4. The van der Waals surface area contributed by atoms with Crippen LogP contribution in [0.15, 0.2) is 0 Å². The van der Waals surface area contributed by atoms with Gasteiger partial charge in [0.25, 0.3) is 0 Å². The second-order valence-electron chi connectivity index (χ2n) is 5.66. The maximum absolute atomic E-state index is 9.70. The molecule has 1 unspecified atom stereocenters. The zero-order valence-electron chi connectivity index (χ0n) is 15.0. The number of aliphatic hydroxyl groups excluding tert-OH is 1. The fourth-order valence-corrected chi connectivity index (χ4v) is 2.41. The first-order valence-corrected chi connectivity index (χ1v) is 10.4. The van der Waals surface area contributed by atoms with Gasteiger partial charge in [-0.05, 0) is 6.42 Å². The molecule has 0 aliphatic heterocycles. The van der Waals surface area contributed by atoms with Crippen LogP contribution in [0.4, 0.5) is 0 Å². The van der Waals surface area contributed by atoms with Crippen LogP contribution in [0.5, 0.6) is 0 Å². The molecule has 0 radical (unpaired) electrons. The highest BCUT2D eigenvalue weighted by Gasteiger charge is 2.10. The largest absolute Gasteiger partial charge is 0.389 e. The van der Waals surface area contributed by atoms with Gasteiger partial charge in [0.1, 0.15) is 0 Å². The second-order valence-corrected chi connectivity index (χ2v) is 7.33. The Morgan fingerprint density at radius 3 is 1.88 bits per heavy atom. The van der Waals surface area contributed by atoms with Crippen molar-refractivity contribution in [1.82, 2.24) is 21.3 Å². The van der Waals surface area contributed by atoms with Gasteiger partial charge < -0.3 is 50.5 Å². The smallest absolute Gasteiger partial charge is 0.0897 e. The van der Waals surface area contributed by atoms with Crippen LogP contribution in [-0.2, 0) is 4.74 Å². The van der Waals surface area contributed by atoms with E-state index < -0.39 is 17.0 Å². The molecule has 1 atom stereocenters. The summed E-state index contributed by atoms with van der Waals surface area (Å²) in [6.07, 6.45) is -0.280. The molecule has 0 amide bonds. The molecule has 0 spiro atoms. The van der Waals surface area contributed by atoms with Gasteiger partial charge >= 0.3 is 0 Å². The fraction of sp³-hybridized carbons (Fsp3) is 1.00. The van der Waals surface area contributed by atoms with Crippen molar-refractivity contribution in [3.8, 4) is 0 Å². The van der Waals surface area contributed by atoms with Gasteiger partial charge in [-0.1, -0.05) is 0 Å². The standard InChI is InChI=1S/C14H37N5O5S/c15-2-3-16-4-5-17-6-7-18-8-9-19-12-14(20)13-24-10-1-11-25(21,22)23/h14,16-23H,1-13,15H2. The molecule has 0 aliphatic carbocycles. The van der Waals surface area contributed by atoms with Gasteiger partial charge in [-0.3, -0.25) is 0 Å². The van der Waals surface area contributed by atoms with Crippen LogP contribution in [-0.4, -0.2) is 103 Å². The van der Waals surface area contributed by atoms with Gasteiger partial charge in [0.05, 0.1) is 23.6 Å². The summed E-state index contributed by atoms with van der Waals surface area (Å²) in [5.41, 5.74) is 5.37. The van der Waals surface area contributed by atoms with E-state index in [4.69, 9.17) is 24.1 Å². The van der Waals surface area contributed by atoms with Gasteiger partial charge in [0.2, 0.25) is 0 Å². The van der Waals surface area contributed by atoms with Crippen molar-refractivity contribution in [1.29, 1.82) is 0 Å². The van der Waals surface area contributed by atoms with Crippen LogP contribution < -0.4 is 27.0 Å². The molecular formula is C14H37N5O5S. The van der Waals surface area contributed by atoms with Crippen molar-refractivity contribution in [2.75, 3.05) is 77.9 Å². The Bertz CT molecular complexity index is 287. The molecule has 0 fully saturated rings. The van der Waals surface area contributed by atoms with Gasteiger partial charge in [0, 0.05) is 71.3 Å². The van der Waals surface area contributed by atoms with Crippen LogP contribution in [0.3, 0.4) is 0 Å². The Morgan fingerprint density at radius 2 is 1.36 bits per heavy atom. The third kappa shape index (κ3) is 21.9. The van der Waals surface area contributed by atoms with Crippen LogP contribution in [0, 0.1) is 0 Å². The Labute approximate surface area is 152 Å². The van der Waals surface area contributed by atoms with Crippen molar-refractivity contribution in [3.63, 3.8) is 0 Å². The molecule has 154 valence electrons.